The third-order valence-electron chi connectivity index (χ3n) is 5.40. The monoisotopic (exact) mass is 464 g/mol. The molecular weight excluding hydrogens is 440 g/mol. The smallest absolute Gasteiger partial charge is 0.251 e. The van der Waals surface area contributed by atoms with Gasteiger partial charge >= 0.3 is 0 Å². The van der Waals surface area contributed by atoms with E-state index < -0.39 is 71.9 Å². The Morgan fingerprint density at radius 1 is 0.879 bits per heavy atom. The van der Waals surface area contributed by atoms with Gasteiger partial charge in [-0.05, 0) is 36.4 Å². The number of hydrogen-bond acceptors (Lipinski definition) is 10. The van der Waals surface area contributed by atoms with Gasteiger partial charge in [-0.25, -0.2) is 0 Å². The minimum absolute atomic E-state index is 0.0242. The molecule has 1 saturated heterocycles. The molecule has 2 aromatic carbocycles. The minimum Gasteiger partial charge on any atom is -0.504 e. The van der Waals surface area contributed by atoms with Crippen molar-refractivity contribution in [2.45, 2.75) is 23.9 Å². The van der Waals surface area contributed by atoms with Crippen LogP contribution in [-0.4, -0.2) is 91.2 Å². The molecule has 12 heteroatoms. The molecule has 1 aliphatic heterocycles. The second kappa shape index (κ2) is 9.50. The quantitative estimate of drug-likeness (QED) is 0.217. The molecule has 178 valence electrons. The van der Waals surface area contributed by atoms with Gasteiger partial charge in [-0.3, -0.25) is 9.59 Å². The second-order valence-corrected chi connectivity index (χ2v) is 7.58. The molecule has 0 aliphatic carbocycles. The van der Waals surface area contributed by atoms with Crippen LogP contribution in [0.2, 0.25) is 0 Å². The van der Waals surface area contributed by atoms with Crippen molar-refractivity contribution >= 4 is 11.8 Å². The van der Waals surface area contributed by atoms with Crippen LogP contribution in [0.5, 0.6) is 23.0 Å². The Morgan fingerprint density at radius 2 is 1.39 bits per heavy atom. The van der Waals surface area contributed by atoms with Crippen LogP contribution in [0.4, 0.5) is 0 Å². The lowest BCUT2D eigenvalue weighted by molar-refractivity contribution is -0.0889. The molecular formula is C21H24N2O10. The Balaban J connectivity index is 1.63. The molecule has 0 bridgehead atoms. The number of phenols is 4. The number of rotatable bonds is 7. The number of benzene rings is 2. The molecule has 1 unspecified atom stereocenters. The van der Waals surface area contributed by atoms with Gasteiger partial charge in [0.1, 0.15) is 23.9 Å². The number of aromatic hydroxyl groups is 4. The number of aliphatic hydroxyl groups is 3. The SMILES string of the molecule is O=C(NC[C@H]1OC(CO)[C@@](O)(CNC(=O)c2ccc(O)c(O)c2)[C@@H]1O)c1ccc(O)c(O)c1. The lowest BCUT2D eigenvalue weighted by atomic mass is 9.90. The van der Waals surface area contributed by atoms with Gasteiger partial charge in [-0.1, -0.05) is 0 Å². The van der Waals surface area contributed by atoms with Crippen molar-refractivity contribution in [3.8, 4) is 23.0 Å². The van der Waals surface area contributed by atoms with Gasteiger partial charge in [-0.15, -0.1) is 0 Å². The van der Waals surface area contributed by atoms with Gasteiger partial charge in [0.2, 0.25) is 0 Å². The van der Waals surface area contributed by atoms with Gasteiger partial charge < -0.3 is 51.1 Å². The summed E-state index contributed by atoms with van der Waals surface area (Å²) in [6, 6.07) is 6.79. The molecule has 0 aromatic heterocycles. The van der Waals surface area contributed by atoms with Crippen LogP contribution in [0.15, 0.2) is 36.4 Å². The topological polar surface area (TPSA) is 209 Å². The first kappa shape index (κ1) is 24.1. The van der Waals surface area contributed by atoms with Crippen molar-refractivity contribution < 1.29 is 50.1 Å². The van der Waals surface area contributed by atoms with Gasteiger partial charge in [0.25, 0.3) is 11.8 Å². The highest BCUT2D eigenvalue weighted by molar-refractivity contribution is 5.95. The van der Waals surface area contributed by atoms with Gasteiger partial charge in [0.05, 0.1) is 13.2 Å². The summed E-state index contributed by atoms with van der Waals surface area (Å²) in [4.78, 5) is 24.6. The molecule has 1 aliphatic rings. The molecule has 0 spiro atoms. The predicted octanol–water partition coefficient (Wildman–Crippen LogP) is -1.48. The Labute approximate surface area is 187 Å². The maximum atomic E-state index is 12.3. The lowest BCUT2D eigenvalue weighted by Gasteiger charge is -2.30. The number of hydrogen-bond donors (Lipinski definition) is 9. The van der Waals surface area contributed by atoms with E-state index in [1.54, 1.807) is 0 Å². The first-order valence-corrected chi connectivity index (χ1v) is 9.84. The summed E-state index contributed by atoms with van der Waals surface area (Å²) in [5.41, 5.74) is -2.10. The van der Waals surface area contributed by atoms with Crippen LogP contribution >= 0.6 is 0 Å². The van der Waals surface area contributed by atoms with E-state index in [4.69, 9.17) is 4.74 Å². The zero-order chi connectivity index (χ0) is 24.3. The summed E-state index contributed by atoms with van der Waals surface area (Å²) in [7, 11) is 0. The zero-order valence-electron chi connectivity index (χ0n) is 17.2. The van der Waals surface area contributed by atoms with E-state index in [0.29, 0.717) is 0 Å². The van der Waals surface area contributed by atoms with E-state index >= 15 is 0 Å². The Kier molecular flexibility index (Phi) is 6.93. The van der Waals surface area contributed by atoms with E-state index in [2.05, 4.69) is 10.6 Å². The summed E-state index contributed by atoms with van der Waals surface area (Å²) >= 11 is 0. The Bertz CT molecular complexity index is 1050. The number of carbonyl (C=O) groups is 2. The molecule has 12 nitrogen and oxygen atoms in total. The number of nitrogens with one attached hydrogen (secondary N) is 2. The van der Waals surface area contributed by atoms with E-state index in [9.17, 15) is 45.3 Å². The van der Waals surface area contributed by atoms with E-state index in [0.717, 1.165) is 24.3 Å². The first-order chi connectivity index (χ1) is 15.6. The van der Waals surface area contributed by atoms with Crippen molar-refractivity contribution in [2.24, 2.45) is 0 Å². The number of amides is 2. The number of aliphatic hydroxyl groups excluding tert-OH is 2. The highest BCUT2D eigenvalue weighted by Crippen LogP contribution is 2.31. The maximum absolute atomic E-state index is 12.3. The summed E-state index contributed by atoms with van der Waals surface area (Å²) in [6.07, 6.45) is -4.05. The molecule has 3 rings (SSSR count). The molecule has 0 saturated carbocycles. The summed E-state index contributed by atoms with van der Waals surface area (Å²) < 4.78 is 5.46. The molecule has 4 atom stereocenters. The fourth-order valence-corrected chi connectivity index (χ4v) is 3.44. The van der Waals surface area contributed by atoms with E-state index in [1.807, 2.05) is 0 Å². The Hall–Kier alpha value is -3.58. The van der Waals surface area contributed by atoms with Crippen molar-refractivity contribution in [1.29, 1.82) is 0 Å². The maximum Gasteiger partial charge on any atom is 0.251 e. The van der Waals surface area contributed by atoms with Crippen molar-refractivity contribution in [2.75, 3.05) is 19.7 Å². The fourth-order valence-electron chi connectivity index (χ4n) is 3.44. The van der Waals surface area contributed by atoms with Gasteiger partial charge in [-0.2, -0.15) is 0 Å². The summed E-state index contributed by atoms with van der Waals surface area (Å²) in [5, 5.41) is 73.6. The molecule has 1 fully saturated rings. The number of ether oxygens (including phenoxy) is 1. The lowest BCUT2D eigenvalue weighted by Crippen LogP contribution is -2.57. The molecule has 0 radical (unpaired) electrons. The predicted molar refractivity (Wildman–Crippen MR) is 111 cm³/mol. The Morgan fingerprint density at radius 3 is 1.88 bits per heavy atom. The molecule has 9 N–H and O–H groups in total. The highest BCUT2D eigenvalue weighted by Gasteiger charge is 2.55. The van der Waals surface area contributed by atoms with Crippen molar-refractivity contribution in [1.82, 2.24) is 10.6 Å². The van der Waals surface area contributed by atoms with Gasteiger partial charge in [0.15, 0.2) is 23.0 Å². The van der Waals surface area contributed by atoms with Crippen LogP contribution in [0.1, 0.15) is 20.7 Å². The van der Waals surface area contributed by atoms with Crippen LogP contribution in [0.25, 0.3) is 0 Å². The first-order valence-electron chi connectivity index (χ1n) is 9.84. The normalized spacial score (nSPS) is 24.4. The largest absolute Gasteiger partial charge is 0.504 e. The second-order valence-electron chi connectivity index (χ2n) is 7.58. The standard InChI is InChI=1S/C21H24N2O10/c24-8-17-21(32,9-23-20(31)11-2-4-13(26)15(28)6-11)18(29)16(33-17)7-22-19(30)10-1-3-12(25)14(27)5-10/h1-6,16-18,24-29,32H,7-9H2,(H,22,30)(H,23,31)/t16-,17?,18-,21+/m1/s1. The molecule has 2 amide bonds. The van der Waals surface area contributed by atoms with Gasteiger partial charge in [0, 0.05) is 17.7 Å². The third kappa shape index (κ3) is 4.93. The van der Waals surface area contributed by atoms with E-state index in [-0.39, 0.29) is 17.7 Å². The highest BCUT2D eigenvalue weighted by atomic mass is 16.6. The van der Waals surface area contributed by atoms with Crippen molar-refractivity contribution in [3.63, 3.8) is 0 Å². The third-order valence-corrected chi connectivity index (χ3v) is 5.40. The average Bonchev–Trinajstić information content (AvgIpc) is 3.04. The van der Waals surface area contributed by atoms with Crippen LogP contribution in [0, 0.1) is 0 Å². The molecule has 1 heterocycles. The molecule has 2 aromatic rings. The minimum atomic E-state index is -2.10. The summed E-state index contributed by atoms with van der Waals surface area (Å²) in [5.74, 6) is -3.22. The van der Waals surface area contributed by atoms with Crippen molar-refractivity contribution in [3.05, 3.63) is 47.5 Å². The number of carbonyl (C=O) groups excluding carboxylic acids is 2. The zero-order valence-corrected chi connectivity index (χ0v) is 17.2. The van der Waals surface area contributed by atoms with E-state index in [1.165, 1.54) is 12.1 Å². The fraction of sp³-hybridized carbons (Fsp3) is 0.333. The molecule has 33 heavy (non-hydrogen) atoms. The van der Waals surface area contributed by atoms with Crippen LogP contribution in [0.3, 0.4) is 0 Å². The summed E-state index contributed by atoms with van der Waals surface area (Å²) in [6.45, 7) is -1.50. The van der Waals surface area contributed by atoms with Crippen LogP contribution in [-0.2, 0) is 4.74 Å². The van der Waals surface area contributed by atoms with Crippen LogP contribution < -0.4 is 10.6 Å². The average molecular weight is 464 g/mol. The number of phenolic OH excluding ortho intramolecular Hbond substituents is 4.